The van der Waals surface area contributed by atoms with Crippen molar-refractivity contribution in [1.82, 2.24) is 0 Å². The van der Waals surface area contributed by atoms with Crippen molar-refractivity contribution in [3.05, 3.63) is 106 Å². The van der Waals surface area contributed by atoms with Crippen molar-refractivity contribution in [3.8, 4) is 0 Å². The van der Waals surface area contributed by atoms with Gasteiger partial charge < -0.3 is 5.11 Å². The SMILES string of the molecule is CC(C=CC=C(C)c1ccc2c(c1)C(c1ccc(C)cc1)=CCC2(C)C)=CC(=O)O. The molecule has 0 unspecified atom stereocenters. The van der Waals surface area contributed by atoms with Crippen LogP contribution in [0.25, 0.3) is 11.1 Å². The van der Waals surface area contributed by atoms with Crippen molar-refractivity contribution < 1.29 is 9.90 Å². The second-order valence-electron chi connectivity index (χ2n) is 8.77. The minimum Gasteiger partial charge on any atom is -0.478 e. The molecule has 154 valence electrons. The summed E-state index contributed by atoms with van der Waals surface area (Å²) in [6.07, 6.45) is 10.4. The molecule has 0 aliphatic heterocycles. The van der Waals surface area contributed by atoms with Crippen LogP contribution in [0.2, 0.25) is 0 Å². The van der Waals surface area contributed by atoms with Gasteiger partial charge in [-0.25, -0.2) is 4.79 Å². The summed E-state index contributed by atoms with van der Waals surface area (Å²) >= 11 is 0. The van der Waals surface area contributed by atoms with Gasteiger partial charge in [0.15, 0.2) is 0 Å². The van der Waals surface area contributed by atoms with Crippen LogP contribution in [-0.4, -0.2) is 11.1 Å². The van der Waals surface area contributed by atoms with Gasteiger partial charge in [0.25, 0.3) is 0 Å². The van der Waals surface area contributed by atoms with Crippen molar-refractivity contribution in [2.45, 2.75) is 46.5 Å². The van der Waals surface area contributed by atoms with E-state index in [9.17, 15) is 4.79 Å². The lowest BCUT2D eigenvalue weighted by molar-refractivity contribution is -0.131. The smallest absolute Gasteiger partial charge is 0.328 e. The minimum atomic E-state index is -0.925. The summed E-state index contributed by atoms with van der Waals surface area (Å²) in [5.74, 6) is -0.925. The van der Waals surface area contributed by atoms with E-state index in [0.29, 0.717) is 5.57 Å². The van der Waals surface area contributed by atoms with Crippen molar-refractivity contribution in [2.75, 3.05) is 0 Å². The molecule has 1 N–H and O–H groups in total. The fraction of sp³-hybridized carbons (Fsp3) is 0.250. The predicted molar refractivity (Wildman–Crippen MR) is 127 cm³/mol. The Bertz CT molecular complexity index is 1070. The van der Waals surface area contributed by atoms with Crippen molar-refractivity contribution >= 4 is 17.1 Å². The summed E-state index contributed by atoms with van der Waals surface area (Å²) in [6.45, 7) is 10.6. The molecule has 1 aliphatic rings. The van der Waals surface area contributed by atoms with Gasteiger partial charge in [-0.05, 0) is 77.6 Å². The van der Waals surface area contributed by atoms with Crippen molar-refractivity contribution in [2.24, 2.45) is 0 Å². The number of carboxylic acids is 1. The molecule has 0 amide bonds. The average molecular weight is 399 g/mol. The third-order valence-corrected chi connectivity index (χ3v) is 5.73. The summed E-state index contributed by atoms with van der Waals surface area (Å²) in [4.78, 5) is 10.8. The van der Waals surface area contributed by atoms with E-state index in [4.69, 9.17) is 5.11 Å². The third kappa shape index (κ3) is 4.88. The minimum absolute atomic E-state index is 0.109. The maximum atomic E-state index is 10.8. The highest BCUT2D eigenvalue weighted by molar-refractivity contribution is 5.85. The second-order valence-corrected chi connectivity index (χ2v) is 8.77. The molecular formula is C28H30O2. The highest BCUT2D eigenvalue weighted by Gasteiger charge is 2.28. The largest absolute Gasteiger partial charge is 0.478 e. The van der Waals surface area contributed by atoms with Crippen LogP contribution in [0.4, 0.5) is 0 Å². The topological polar surface area (TPSA) is 37.3 Å². The standard InChI is InChI=1S/C28H30O2/c1-19-9-11-22(12-10-19)24-15-16-28(4,5)26-14-13-23(18-25(24)26)21(3)8-6-7-20(2)17-27(29)30/h6-15,17-18H,16H2,1-5H3,(H,29,30). The number of carboxylic acid groups (broad SMARTS) is 1. The van der Waals surface area contributed by atoms with Gasteiger partial charge in [0.2, 0.25) is 0 Å². The highest BCUT2D eigenvalue weighted by atomic mass is 16.4. The molecule has 0 bridgehead atoms. The molecule has 2 aromatic carbocycles. The van der Waals surface area contributed by atoms with Gasteiger partial charge in [-0.15, -0.1) is 0 Å². The Hall–Kier alpha value is -3.13. The first kappa shape index (κ1) is 21.6. The van der Waals surface area contributed by atoms with Gasteiger partial charge in [0.1, 0.15) is 0 Å². The molecule has 2 heteroatoms. The Morgan fingerprint density at radius 3 is 2.43 bits per heavy atom. The molecule has 0 atom stereocenters. The highest BCUT2D eigenvalue weighted by Crippen LogP contribution is 2.42. The van der Waals surface area contributed by atoms with Gasteiger partial charge >= 0.3 is 5.97 Å². The van der Waals surface area contributed by atoms with Crippen LogP contribution in [0, 0.1) is 6.92 Å². The number of hydrogen-bond donors (Lipinski definition) is 1. The molecule has 2 nitrogen and oxygen atoms in total. The Labute approximate surface area is 180 Å². The molecule has 30 heavy (non-hydrogen) atoms. The first-order valence-corrected chi connectivity index (χ1v) is 10.4. The van der Waals surface area contributed by atoms with Crippen LogP contribution < -0.4 is 0 Å². The summed E-state index contributed by atoms with van der Waals surface area (Å²) in [6, 6.07) is 15.5. The summed E-state index contributed by atoms with van der Waals surface area (Å²) in [7, 11) is 0. The van der Waals surface area contributed by atoms with Crippen LogP contribution in [0.3, 0.4) is 0 Å². The number of rotatable bonds is 5. The lowest BCUT2D eigenvalue weighted by atomic mass is 9.71. The van der Waals surface area contributed by atoms with E-state index in [1.165, 1.54) is 39.5 Å². The Balaban J connectivity index is 1.99. The zero-order valence-electron chi connectivity index (χ0n) is 18.5. The molecule has 0 saturated carbocycles. The first-order valence-electron chi connectivity index (χ1n) is 10.4. The monoisotopic (exact) mass is 398 g/mol. The van der Waals surface area contributed by atoms with E-state index in [-0.39, 0.29) is 5.41 Å². The van der Waals surface area contributed by atoms with E-state index >= 15 is 0 Å². The van der Waals surface area contributed by atoms with Crippen LogP contribution in [0.15, 0.2) is 78.4 Å². The number of hydrogen-bond acceptors (Lipinski definition) is 1. The van der Waals surface area contributed by atoms with E-state index in [2.05, 4.69) is 76.2 Å². The molecule has 0 saturated heterocycles. The quantitative estimate of drug-likeness (QED) is 0.431. The van der Waals surface area contributed by atoms with Crippen molar-refractivity contribution in [3.63, 3.8) is 0 Å². The Morgan fingerprint density at radius 1 is 1.07 bits per heavy atom. The summed E-state index contributed by atoms with van der Waals surface area (Å²) in [5.41, 5.74) is 9.64. The van der Waals surface area contributed by atoms with E-state index < -0.39 is 5.97 Å². The fourth-order valence-electron chi connectivity index (χ4n) is 3.87. The Kier molecular flexibility index (Phi) is 6.26. The Morgan fingerprint density at radius 2 is 1.77 bits per heavy atom. The van der Waals surface area contributed by atoms with Crippen LogP contribution in [-0.2, 0) is 10.2 Å². The lowest BCUT2D eigenvalue weighted by Crippen LogP contribution is -2.22. The molecule has 0 radical (unpaired) electrons. The maximum Gasteiger partial charge on any atom is 0.328 e. The number of aliphatic carboxylic acids is 1. The normalized spacial score (nSPS) is 16.4. The van der Waals surface area contributed by atoms with Gasteiger partial charge in [0.05, 0.1) is 0 Å². The number of allylic oxidation sites excluding steroid dienone is 6. The van der Waals surface area contributed by atoms with Crippen LogP contribution >= 0.6 is 0 Å². The number of carbonyl (C=O) groups is 1. The number of fused-ring (bicyclic) bond motifs is 1. The maximum absolute atomic E-state index is 10.8. The fourth-order valence-corrected chi connectivity index (χ4v) is 3.87. The van der Waals surface area contributed by atoms with E-state index in [1.807, 2.05) is 18.2 Å². The van der Waals surface area contributed by atoms with E-state index in [1.54, 1.807) is 6.92 Å². The number of benzene rings is 2. The zero-order chi connectivity index (χ0) is 21.9. The molecule has 0 fully saturated rings. The van der Waals surface area contributed by atoms with Crippen LogP contribution in [0.5, 0.6) is 0 Å². The van der Waals surface area contributed by atoms with Crippen molar-refractivity contribution in [1.29, 1.82) is 0 Å². The second kappa shape index (κ2) is 8.71. The summed E-state index contributed by atoms with van der Waals surface area (Å²) in [5, 5.41) is 8.83. The number of aryl methyl sites for hydroxylation is 1. The first-order chi connectivity index (χ1) is 14.2. The molecule has 2 aromatic rings. The summed E-state index contributed by atoms with van der Waals surface area (Å²) < 4.78 is 0. The molecular weight excluding hydrogens is 368 g/mol. The van der Waals surface area contributed by atoms with E-state index in [0.717, 1.165) is 12.0 Å². The molecule has 0 spiro atoms. The molecule has 1 aliphatic carbocycles. The molecule has 0 aromatic heterocycles. The van der Waals surface area contributed by atoms with Crippen LogP contribution in [0.1, 0.15) is 61.9 Å². The van der Waals surface area contributed by atoms with Gasteiger partial charge in [0, 0.05) is 6.08 Å². The lowest BCUT2D eigenvalue weighted by Gasteiger charge is -2.33. The van der Waals surface area contributed by atoms with Gasteiger partial charge in [-0.1, -0.05) is 80.1 Å². The molecule has 3 rings (SSSR count). The third-order valence-electron chi connectivity index (χ3n) is 5.73. The zero-order valence-corrected chi connectivity index (χ0v) is 18.5. The van der Waals surface area contributed by atoms with Gasteiger partial charge in [-0.3, -0.25) is 0 Å². The average Bonchev–Trinajstić information content (AvgIpc) is 2.68. The predicted octanol–water partition coefficient (Wildman–Crippen LogP) is 7.10. The van der Waals surface area contributed by atoms with Gasteiger partial charge in [-0.2, -0.15) is 0 Å². The molecule has 0 heterocycles.